The van der Waals surface area contributed by atoms with Gasteiger partial charge in [0.2, 0.25) is 11.9 Å². The van der Waals surface area contributed by atoms with E-state index in [2.05, 4.69) is 10.1 Å². The first kappa shape index (κ1) is 25.8. The molecule has 3 aliphatic rings. The third kappa shape index (κ3) is 4.39. The van der Waals surface area contributed by atoms with E-state index in [1.165, 1.54) is 9.80 Å². The van der Waals surface area contributed by atoms with Crippen LogP contribution in [0.1, 0.15) is 50.4 Å². The highest BCUT2D eigenvalue weighted by Crippen LogP contribution is 2.52. The van der Waals surface area contributed by atoms with Crippen molar-refractivity contribution in [3.8, 4) is 0 Å². The molecular weight excluding hydrogens is 481 g/mol. The summed E-state index contributed by atoms with van der Waals surface area (Å²) in [7, 11) is 0. The van der Waals surface area contributed by atoms with Crippen molar-refractivity contribution >= 4 is 18.0 Å². The summed E-state index contributed by atoms with van der Waals surface area (Å²) in [6, 6.07) is 0.610. The highest BCUT2D eigenvalue weighted by atomic mass is 19.4. The molecular formula is C23H31F3N6O4. The van der Waals surface area contributed by atoms with Crippen LogP contribution >= 0.6 is 0 Å². The molecule has 10 nitrogen and oxygen atoms in total. The number of carboxylic acid groups (broad SMARTS) is 1. The van der Waals surface area contributed by atoms with Gasteiger partial charge in [-0.2, -0.15) is 13.2 Å². The predicted octanol–water partition coefficient (Wildman–Crippen LogP) is 2.55. The molecule has 0 spiro atoms. The molecule has 198 valence electrons. The fourth-order valence-corrected chi connectivity index (χ4v) is 6.16. The zero-order valence-electron chi connectivity index (χ0n) is 20.4. The first-order valence-corrected chi connectivity index (χ1v) is 11.8. The number of rotatable bonds is 2. The van der Waals surface area contributed by atoms with Crippen molar-refractivity contribution in [2.45, 2.75) is 64.3 Å². The molecule has 4 N–H and O–H groups in total. The summed E-state index contributed by atoms with van der Waals surface area (Å²) in [5, 5.41) is 22.2. The maximum atomic E-state index is 14.1. The van der Waals surface area contributed by atoms with Crippen LogP contribution in [-0.4, -0.2) is 79.2 Å². The molecule has 1 aliphatic carbocycles. The minimum Gasteiger partial charge on any atom is -0.465 e. The van der Waals surface area contributed by atoms with Crippen molar-refractivity contribution < 1.29 is 33.1 Å². The van der Waals surface area contributed by atoms with Gasteiger partial charge in [0.1, 0.15) is 0 Å². The number of nitrogens with zero attached hydrogens (tertiary/aromatic N) is 5. The number of likely N-dealkylation sites (tertiary alicyclic amines) is 1. The largest absolute Gasteiger partial charge is 0.465 e. The molecule has 13 heteroatoms. The van der Waals surface area contributed by atoms with Gasteiger partial charge in [0.25, 0.3) is 0 Å². The summed E-state index contributed by atoms with van der Waals surface area (Å²) in [6.45, 7) is 6.08. The maximum Gasteiger partial charge on any atom is 0.417 e. The molecule has 0 unspecified atom stereocenters. The Bertz CT molecular complexity index is 1090. The van der Waals surface area contributed by atoms with Gasteiger partial charge in [-0.1, -0.05) is 5.16 Å². The molecule has 1 aromatic rings. The Morgan fingerprint density at radius 3 is 2.56 bits per heavy atom. The number of alkyl halides is 3. The quantitative estimate of drug-likeness (QED) is 0.240. The number of amides is 2. The first-order chi connectivity index (χ1) is 16.7. The van der Waals surface area contributed by atoms with E-state index in [1.807, 2.05) is 0 Å². The number of aromatic nitrogens is 1. The second kappa shape index (κ2) is 8.70. The lowest BCUT2D eigenvalue weighted by atomic mass is 9.78. The van der Waals surface area contributed by atoms with Gasteiger partial charge < -0.3 is 30.7 Å². The van der Waals surface area contributed by atoms with E-state index in [0.717, 1.165) is 12.3 Å². The van der Waals surface area contributed by atoms with Gasteiger partial charge in [0.15, 0.2) is 0 Å². The molecule has 4 rings (SSSR count). The Hall–Kier alpha value is -3.25. The topological polar surface area (TPSA) is 136 Å². The number of carbonyl (C=O) groups is 2. The number of hydrogen-bond donors (Lipinski definition) is 3. The Balaban J connectivity index is 1.66. The maximum absolute atomic E-state index is 14.1. The number of fused-ring (bicyclic) bond motifs is 2. The van der Waals surface area contributed by atoms with Gasteiger partial charge in [-0.15, -0.1) is 0 Å². The molecule has 1 saturated carbocycles. The van der Waals surface area contributed by atoms with Gasteiger partial charge in [-0.25, -0.2) is 4.79 Å². The zero-order valence-corrected chi connectivity index (χ0v) is 20.4. The minimum atomic E-state index is -4.54. The second-order valence-corrected chi connectivity index (χ2v) is 10.9. The molecule has 1 saturated heterocycles. The van der Waals surface area contributed by atoms with Crippen LogP contribution in [-0.2, 0) is 23.9 Å². The minimum absolute atomic E-state index is 0.0181. The molecule has 36 heavy (non-hydrogen) atoms. The average Bonchev–Trinajstić information content (AvgIpc) is 3.30. The highest BCUT2D eigenvalue weighted by Gasteiger charge is 2.61. The van der Waals surface area contributed by atoms with Crippen molar-refractivity contribution in [1.29, 1.82) is 0 Å². The fraction of sp³-hybridized carbons (Fsp3) is 0.652. The van der Waals surface area contributed by atoms with Crippen LogP contribution in [0.15, 0.2) is 17.4 Å². The van der Waals surface area contributed by atoms with Crippen LogP contribution in [0.2, 0.25) is 0 Å². The molecule has 1 aromatic heterocycles. The van der Waals surface area contributed by atoms with Crippen LogP contribution in [0, 0.1) is 11.3 Å². The van der Waals surface area contributed by atoms with Crippen LogP contribution in [0.5, 0.6) is 0 Å². The molecule has 0 radical (unpaired) electrons. The lowest BCUT2D eigenvalue weighted by molar-refractivity contribution is -0.144. The number of nitrogens with two attached hydrogens (primary N) is 1. The monoisotopic (exact) mass is 512 g/mol. The summed E-state index contributed by atoms with van der Waals surface area (Å²) in [5.41, 5.74) is 4.12. The van der Waals surface area contributed by atoms with Crippen molar-refractivity contribution in [3.63, 3.8) is 0 Å². The standard InChI is InChI=1S/C23H31F3N6O4/c1-21(2,3)32(20(34)35)16-7-15-11-31(19(27)29-36)12-22(15,8-16)18(33)30-5-4-17-13(10-30)6-14(9-28-17)23(24,25)26/h6,9,15-16,36H,4-5,7-8,10-12H2,1-3H3,(H2,27,29)(H,34,35)/t15-,16+,22-/m0/s1. The van der Waals surface area contributed by atoms with E-state index in [-0.39, 0.29) is 43.8 Å². The Morgan fingerprint density at radius 2 is 1.97 bits per heavy atom. The predicted molar refractivity (Wildman–Crippen MR) is 122 cm³/mol. The molecule has 2 aliphatic heterocycles. The van der Waals surface area contributed by atoms with Gasteiger partial charge in [0.05, 0.1) is 11.0 Å². The van der Waals surface area contributed by atoms with E-state index in [4.69, 9.17) is 5.73 Å². The molecule has 0 aromatic carbocycles. The summed E-state index contributed by atoms with van der Waals surface area (Å²) in [5.74, 6) is -0.673. The summed E-state index contributed by atoms with van der Waals surface area (Å²) >= 11 is 0. The molecule has 2 fully saturated rings. The SMILES string of the molecule is CC(C)(C)N(C(=O)O)[C@@H]1C[C@H]2CN(/C(N)=N/O)C[C@@]2(C(=O)N2CCc3ncc(C(F)(F)F)cc3C2)C1. The van der Waals surface area contributed by atoms with Crippen LogP contribution in [0.3, 0.4) is 0 Å². The molecule has 3 atom stereocenters. The summed E-state index contributed by atoms with van der Waals surface area (Å²) in [6.07, 6.45) is -3.85. The Kier molecular flexibility index (Phi) is 6.24. The number of oxime groups is 1. The van der Waals surface area contributed by atoms with Crippen molar-refractivity contribution in [2.24, 2.45) is 22.2 Å². The number of guanidine groups is 1. The zero-order chi connectivity index (χ0) is 26.6. The Morgan fingerprint density at radius 1 is 1.28 bits per heavy atom. The normalized spacial score (nSPS) is 26.6. The smallest absolute Gasteiger partial charge is 0.417 e. The van der Waals surface area contributed by atoms with E-state index in [9.17, 15) is 33.1 Å². The third-order valence-electron chi connectivity index (χ3n) is 7.65. The molecule has 2 amide bonds. The van der Waals surface area contributed by atoms with E-state index >= 15 is 0 Å². The molecule has 3 heterocycles. The van der Waals surface area contributed by atoms with Gasteiger partial charge in [-0.05, 0) is 51.2 Å². The number of halogens is 3. The first-order valence-electron chi connectivity index (χ1n) is 11.8. The van der Waals surface area contributed by atoms with E-state index in [1.54, 1.807) is 25.7 Å². The van der Waals surface area contributed by atoms with Gasteiger partial charge >= 0.3 is 12.3 Å². The summed E-state index contributed by atoms with van der Waals surface area (Å²) < 4.78 is 39.7. The highest BCUT2D eigenvalue weighted by molar-refractivity contribution is 5.87. The van der Waals surface area contributed by atoms with Gasteiger partial charge in [-0.3, -0.25) is 9.78 Å². The van der Waals surface area contributed by atoms with Crippen LogP contribution in [0.4, 0.5) is 18.0 Å². The number of carbonyl (C=O) groups excluding carboxylic acids is 1. The Labute approximate surface area is 206 Å². The lowest BCUT2D eigenvalue weighted by Gasteiger charge is -2.40. The number of pyridine rings is 1. The number of hydrogen-bond acceptors (Lipinski definition) is 5. The van der Waals surface area contributed by atoms with Gasteiger partial charge in [0, 0.05) is 56.1 Å². The van der Waals surface area contributed by atoms with Crippen LogP contribution in [0.25, 0.3) is 0 Å². The molecule has 0 bridgehead atoms. The van der Waals surface area contributed by atoms with E-state index < -0.39 is 34.8 Å². The van der Waals surface area contributed by atoms with Crippen molar-refractivity contribution in [1.82, 2.24) is 19.7 Å². The lowest BCUT2D eigenvalue weighted by Crippen LogP contribution is -2.53. The van der Waals surface area contributed by atoms with Crippen molar-refractivity contribution in [3.05, 3.63) is 29.1 Å². The second-order valence-electron chi connectivity index (χ2n) is 10.9. The van der Waals surface area contributed by atoms with E-state index in [0.29, 0.717) is 30.6 Å². The fourth-order valence-electron chi connectivity index (χ4n) is 6.16. The third-order valence-corrected chi connectivity index (χ3v) is 7.65. The van der Waals surface area contributed by atoms with Crippen LogP contribution < -0.4 is 5.73 Å². The van der Waals surface area contributed by atoms with Crippen molar-refractivity contribution in [2.75, 3.05) is 19.6 Å². The summed E-state index contributed by atoms with van der Waals surface area (Å²) in [4.78, 5) is 34.7. The average molecular weight is 513 g/mol.